The molecule has 1 aromatic rings. The second-order valence-corrected chi connectivity index (χ2v) is 11.6. The zero-order valence-corrected chi connectivity index (χ0v) is 19.1. The first-order chi connectivity index (χ1) is 14.1. The smallest absolute Gasteiger partial charge is 0.243 e. The molecule has 0 radical (unpaired) electrons. The summed E-state index contributed by atoms with van der Waals surface area (Å²) in [5, 5.41) is 2.73. The van der Waals surface area contributed by atoms with Crippen LogP contribution >= 0.6 is 0 Å². The lowest BCUT2D eigenvalue weighted by atomic mass is 10.0. The lowest BCUT2D eigenvalue weighted by molar-refractivity contribution is -0.120. The number of piperazine rings is 1. The van der Waals surface area contributed by atoms with Crippen LogP contribution in [0, 0.1) is 0 Å². The van der Waals surface area contributed by atoms with Crippen molar-refractivity contribution in [2.75, 3.05) is 50.8 Å². The van der Waals surface area contributed by atoms with Crippen LogP contribution in [0.5, 0.6) is 0 Å². The topological polar surface area (TPSA) is 107 Å². The van der Waals surface area contributed by atoms with Gasteiger partial charge in [-0.2, -0.15) is 8.61 Å². The summed E-state index contributed by atoms with van der Waals surface area (Å²) in [7, 11) is -7.05. The molecule has 0 bridgehead atoms. The molecule has 2 aliphatic heterocycles. The number of hydrogen-bond donors (Lipinski definition) is 1. The Morgan fingerprint density at radius 2 is 1.63 bits per heavy atom. The largest absolute Gasteiger partial charge is 0.325 e. The lowest BCUT2D eigenvalue weighted by Gasteiger charge is -2.33. The molecule has 1 N–H and O–H groups in total. The molecule has 2 fully saturated rings. The van der Waals surface area contributed by atoms with Crippen LogP contribution < -0.4 is 5.32 Å². The van der Waals surface area contributed by atoms with Crippen LogP contribution in [0.1, 0.15) is 26.2 Å². The van der Waals surface area contributed by atoms with Crippen molar-refractivity contribution in [2.24, 2.45) is 0 Å². The van der Waals surface area contributed by atoms with E-state index in [1.807, 2.05) is 0 Å². The van der Waals surface area contributed by atoms with Gasteiger partial charge >= 0.3 is 0 Å². The molecule has 0 aromatic heterocycles. The summed E-state index contributed by atoms with van der Waals surface area (Å²) >= 11 is 0. The minimum Gasteiger partial charge on any atom is -0.325 e. The van der Waals surface area contributed by atoms with Crippen molar-refractivity contribution >= 4 is 31.6 Å². The van der Waals surface area contributed by atoms with Crippen LogP contribution in [0.25, 0.3) is 0 Å². The Labute approximate surface area is 179 Å². The maximum atomic E-state index is 12.9. The van der Waals surface area contributed by atoms with Gasteiger partial charge in [0.25, 0.3) is 0 Å². The van der Waals surface area contributed by atoms with Crippen molar-refractivity contribution in [1.29, 1.82) is 0 Å². The summed E-state index contributed by atoms with van der Waals surface area (Å²) in [5.41, 5.74) is 0.439. The number of hydrogen-bond acceptors (Lipinski definition) is 6. The van der Waals surface area contributed by atoms with Crippen molar-refractivity contribution < 1.29 is 21.6 Å². The molecule has 1 atom stereocenters. The zero-order chi connectivity index (χ0) is 21.9. The van der Waals surface area contributed by atoms with E-state index >= 15 is 0 Å². The molecule has 30 heavy (non-hydrogen) atoms. The number of anilines is 1. The fourth-order valence-electron chi connectivity index (χ4n) is 3.93. The molecule has 0 saturated carbocycles. The molecule has 2 aliphatic rings. The number of likely N-dealkylation sites (N-methyl/N-ethyl adjacent to an activating group) is 1. The van der Waals surface area contributed by atoms with E-state index in [1.165, 1.54) is 20.7 Å². The van der Waals surface area contributed by atoms with Gasteiger partial charge in [-0.1, -0.05) is 13.3 Å². The fourth-order valence-corrected chi connectivity index (χ4v) is 6.48. The third-order valence-corrected chi connectivity index (χ3v) is 8.92. The number of carbonyl (C=O) groups is 1. The van der Waals surface area contributed by atoms with Gasteiger partial charge in [-0.15, -0.1) is 0 Å². The maximum Gasteiger partial charge on any atom is 0.243 e. The van der Waals surface area contributed by atoms with Crippen LogP contribution in [0.3, 0.4) is 0 Å². The highest BCUT2D eigenvalue weighted by atomic mass is 32.2. The maximum absolute atomic E-state index is 12.9. The van der Waals surface area contributed by atoms with Crippen LogP contribution in [0.2, 0.25) is 0 Å². The Hall–Kier alpha value is -1.53. The highest BCUT2D eigenvalue weighted by Gasteiger charge is 2.34. The average Bonchev–Trinajstić information content (AvgIpc) is 2.73. The molecule has 2 heterocycles. The van der Waals surface area contributed by atoms with E-state index in [-0.39, 0.29) is 4.90 Å². The Kier molecular flexibility index (Phi) is 7.18. The zero-order valence-electron chi connectivity index (χ0n) is 17.5. The molecular formula is C19H30N4O5S2. The molecule has 1 aromatic carbocycles. The quantitative estimate of drug-likeness (QED) is 0.675. The minimum atomic E-state index is -3.58. The summed E-state index contributed by atoms with van der Waals surface area (Å²) in [4.78, 5) is 15.1. The van der Waals surface area contributed by atoms with Crippen LogP contribution in [0.15, 0.2) is 29.2 Å². The van der Waals surface area contributed by atoms with E-state index in [2.05, 4.69) is 17.1 Å². The van der Waals surface area contributed by atoms with Gasteiger partial charge in [0.1, 0.15) is 6.04 Å². The molecular weight excluding hydrogens is 428 g/mol. The van der Waals surface area contributed by atoms with E-state index < -0.39 is 32.0 Å². The van der Waals surface area contributed by atoms with Gasteiger partial charge in [-0.3, -0.25) is 4.79 Å². The van der Waals surface area contributed by atoms with Gasteiger partial charge in [0.15, 0.2) is 0 Å². The molecule has 168 valence electrons. The summed E-state index contributed by atoms with van der Waals surface area (Å²) in [6, 6.07) is 5.30. The van der Waals surface area contributed by atoms with Gasteiger partial charge in [0.05, 0.1) is 11.2 Å². The number of carbonyl (C=O) groups excluding carboxylic acids is 1. The van der Waals surface area contributed by atoms with Crippen molar-refractivity contribution in [2.45, 2.75) is 37.1 Å². The summed E-state index contributed by atoms with van der Waals surface area (Å²) in [6.45, 7) is 5.62. The summed E-state index contributed by atoms with van der Waals surface area (Å²) in [6.07, 6.45) is 3.09. The third-order valence-electron chi connectivity index (χ3n) is 5.72. The Balaban J connectivity index is 1.67. The number of sulfonamides is 2. The highest BCUT2D eigenvalue weighted by molar-refractivity contribution is 7.89. The third kappa shape index (κ3) is 5.20. The van der Waals surface area contributed by atoms with Crippen LogP contribution in [-0.2, 0) is 24.8 Å². The SMILES string of the molecule is CCN1CCN(S(=O)(=O)c2ccc(NC(=O)C3CCCCN3S(C)(=O)=O)cc2)CC1. The van der Waals surface area contributed by atoms with Gasteiger partial charge in [-0.25, -0.2) is 16.8 Å². The van der Waals surface area contributed by atoms with Crippen LogP contribution in [-0.4, -0.2) is 87.8 Å². The monoisotopic (exact) mass is 458 g/mol. The van der Waals surface area contributed by atoms with Crippen LogP contribution in [0.4, 0.5) is 5.69 Å². The molecule has 0 aliphatic carbocycles. The van der Waals surface area contributed by atoms with Gasteiger partial charge in [0.2, 0.25) is 26.0 Å². The molecule has 11 heteroatoms. The van der Waals surface area contributed by atoms with Gasteiger partial charge in [-0.05, 0) is 43.7 Å². The number of nitrogens with zero attached hydrogens (tertiary/aromatic N) is 3. The number of nitrogens with one attached hydrogen (secondary N) is 1. The van der Waals surface area contributed by atoms with Gasteiger partial charge in [0, 0.05) is 38.4 Å². The fraction of sp³-hybridized carbons (Fsp3) is 0.632. The predicted octanol–water partition coefficient (Wildman–Crippen LogP) is 0.765. The van der Waals surface area contributed by atoms with Crippen molar-refractivity contribution in [3.05, 3.63) is 24.3 Å². The normalized spacial score (nSPS) is 22.7. The van der Waals surface area contributed by atoms with E-state index in [1.54, 1.807) is 12.1 Å². The summed E-state index contributed by atoms with van der Waals surface area (Å²) < 4.78 is 52.4. The predicted molar refractivity (Wildman–Crippen MR) is 115 cm³/mol. The minimum absolute atomic E-state index is 0.181. The number of benzene rings is 1. The number of rotatable bonds is 6. The van der Waals surface area contributed by atoms with Crippen molar-refractivity contribution in [1.82, 2.24) is 13.5 Å². The van der Waals surface area contributed by atoms with Crippen molar-refractivity contribution in [3.63, 3.8) is 0 Å². The highest BCUT2D eigenvalue weighted by Crippen LogP contribution is 2.23. The number of piperidine rings is 1. The second kappa shape index (κ2) is 9.31. The molecule has 3 rings (SSSR count). The first kappa shape index (κ1) is 23.1. The average molecular weight is 459 g/mol. The standard InChI is InChI=1S/C19H30N4O5S2/c1-3-21-12-14-22(15-13-21)30(27,28)17-9-7-16(8-10-17)20-19(24)18-6-4-5-11-23(18)29(2,25)26/h7-10,18H,3-6,11-15H2,1-2H3,(H,20,24). The molecule has 2 saturated heterocycles. The second-order valence-electron chi connectivity index (χ2n) is 7.74. The first-order valence-electron chi connectivity index (χ1n) is 10.2. The Morgan fingerprint density at radius 3 is 2.20 bits per heavy atom. The Bertz CT molecular complexity index is 955. The van der Waals surface area contributed by atoms with E-state index in [9.17, 15) is 21.6 Å². The van der Waals surface area contributed by atoms with E-state index in [4.69, 9.17) is 0 Å². The van der Waals surface area contributed by atoms with E-state index in [0.29, 0.717) is 44.8 Å². The lowest BCUT2D eigenvalue weighted by Crippen LogP contribution is -2.49. The molecule has 0 spiro atoms. The summed E-state index contributed by atoms with van der Waals surface area (Å²) in [5.74, 6) is -0.397. The van der Waals surface area contributed by atoms with E-state index in [0.717, 1.165) is 25.6 Å². The molecule has 1 unspecified atom stereocenters. The first-order valence-corrected chi connectivity index (χ1v) is 13.5. The van der Waals surface area contributed by atoms with Crippen molar-refractivity contribution in [3.8, 4) is 0 Å². The molecule has 1 amide bonds. The number of amides is 1. The Morgan fingerprint density at radius 1 is 1.00 bits per heavy atom. The van der Waals surface area contributed by atoms with Gasteiger partial charge < -0.3 is 10.2 Å². The molecule has 9 nitrogen and oxygen atoms in total.